The Labute approximate surface area is 99.1 Å². The third-order valence-electron chi connectivity index (χ3n) is 3.05. The second-order valence-electron chi connectivity index (χ2n) is 5.33. The van der Waals surface area contributed by atoms with E-state index in [-0.39, 0.29) is 11.2 Å². The van der Waals surface area contributed by atoms with E-state index in [1.807, 2.05) is 6.08 Å². The maximum absolute atomic E-state index is 11.6. The Hall–Kier alpha value is -0.790. The number of ether oxygens (including phenoxy) is 1. The van der Waals surface area contributed by atoms with Crippen LogP contribution in [0.25, 0.3) is 0 Å². The van der Waals surface area contributed by atoms with Crippen molar-refractivity contribution in [1.82, 2.24) is 0 Å². The number of Topliss-reactive ketones (excluding diaryl/α,β-unsaturated/α-hetero) is 1. The Balaban J connectivity index is 2.34. The molecule has 16 heavy (non-hydrogen) atoms. The molecule has 0 bridgehead atoms. The van der Waals surface area contributed by atoms with Crippen LogP contribution in [0.2, 0.25) is 0 Å². The molecule has 0 N–H and O–H groups in total. The average Bonchev–Trinajstić information content (AvgIpc) is 2.23. The molecule has 0 atom stereocenters. The maximum Gasteiger partial charge on any atom is 0.197 e. The fourth-order valence-corrected chi connectivity index (χ4v) is 1.90. The molecule has 0 radical (unpaired) electrons. The van der Waals surface area contributed by atoms with Crippen molar-refractivity contribution in [2.75, 3.05) is 6.61 Å². The quantitative estimate of drug-likeness (QED) is 0.640. The first-order chi connectivity index (χ1) is 7.55. The molecule has 1 aliphatic carbocycles. The van der Waals surface area contributed by atoms with Gasteiger partial charge in [0.15, 0.2) is 11.5 Å². The molecular formula is C14H24O2. The van der Waals surface area contributed by atoms with Crippen molar-refractivity contribution in [2.45, 2.75) is 59.3 Å². The molecule has 2 nitrogen and oxygen atoms in total. The van der Waals surface area contributed by atoms with Gasteiger partial charge in [0.2, 0.25) is 0 Å². The van der Waals surface area contributed by atoms with E-state index in [0.717, 1.165) is 12.8 Å². The highest BCUT2D eigenvalue weighted by molar-refractivity contribution is 5.94. The first kappa shape index (κ1) is 13.3. The van der Waals surface area contributed by atoms with Gasteiger partial charge in [0, 0.05) is 6.42 Å². The summed E-state index contributed by atoms with van der Waals surface area (Å²) < 4.78 is 5.59. The van der Waals surface area contributed by atoms with Crippen molar-refractivity contribution in [3.8, 4) is 0 Å². The van der Waals surface area contributed by atoms with E-state index in [4.69, 9.17) is 4.74 Å². The van der Waals surface area contributed by atoms with Crippen molar-refractivity contribution in [3.63, 3.8) is 0 Å². The standard InChI is InChI=1S/C14H24O2/c1-4-5-6-7-10-16-13-11-14(2,3)9-8-12(13)15/h11H,4-10H2,1-3H3. The largest absolute Gasteiger partial charge is 0.490 e. The molecule has 0 saturated heterocycles. The number of hydrogen-bond donors (Lipinski definition) is 0. The molecule has 1 aliphatic rings. The van der Waals surface area contributed by atoms with E-state index in [1.54, 1.807) is 0 Å². The summed E-state index contributed by atoms with van der Waals surface area (Å²) in [4.78, 5) is 11.6. The van der Waals surface area contributed by atoms with Gasteiger partial charge in [-0.3, -0.25) is 4.79 Å². The van der Waals surface area contributed by atoms with Crippen molar-refractivity contribution < 1.29 is 9.53 Å². The molecule has 0 heterocycles. The van der Waals surface area contributed by atoms with Crippen LogP contribution in [-0.2, 0) is 9.53 Å². The second-order valence-corrected chi connectivity index (χ2v) is 5.33. The monoisotopic (exact) mass is 224 g/mol. The van der Waals surface area contributed by atoms with Crippen molar-refractivity contribution >= 4 is 5.78 Å². The lowest BCUT2D eigenvalue weighted by molar-refractivity contribution is -0.120. The highest BCUT2D eigenvalue weighted by atomic mass is 16.5. The zero-order valence-electron chi connectivity index (χ0n) is 10.8. The van der Waals surface area contributed by atoms with E-state index in [1.165, 1.54) is 19.3 Å². The van der Waals surface area contributed by atoms with Crippen LogP contribution < -0.4 is 0 Å². The summed E-state index contributed by atoms with van der Waals surface area (Å²) in [5.41, 5.74) is 0.118. The fraction of sp³-hybridized carbons (Fsp3) is 0.786. The fourth-order valence-electron chi connectivity index (χ4n) is 1.90. The summed E-state index contributed by atoms with van der Waals surface area (Å²) in [6.45, 7) is 7.18. The Kier molecular flexibility index (Phi) is 5.04. The molecule has 0 saturated carbocycles. The number of carbonyl (C=O) groups is 1. The predicted octanol–water partition coefficient (Wildman–Crippen LogP) is 3.86. The summed E-state index contributed by atoms with van der Waals surface area (Å²) in [5, 5.41) is 0. The molecule has 92 valence electrons. The molecule has 0 aromatic rings. The van der Waals surface area contributed by atoms with Gasteiger partial charge in [-0.15, -0.1) is 0 Å². The highest BCUT2D eigenvalue weighted by Gasteiger charge is 2.26. The Morgan fingerprint density at radius 2 is 2.06 bits per heavy atom. The van der Waals surface area contributed by atoms with Crippen LogP contribution >= 0.6 is 0 Å². The lowest BCUT2D eigenvalue weighted by atomic mass is 9.82. The number of hydrogen-bond acceptors (Lipinski definition) is 2. The summed E-state index contributed by atoms with van der Waals surface area (Å²) >= 11 is 0. The molecule has 0 amide bonds. The van der Waals surface area contributed by atoms with Gasteiger partial charge in [0.25, 0.3) is 0 Å². The highest BCUT2D eigenvalue weighted by Crippen LogP contribution is 2.31. The van der Waals surface area contributed by atoms with E-state index < -0.39 is 0 Å². The Bertz CT molecular complexity index is 264. The number of allylic oxidation sites excluding steroid dienone is 2. The van der Waals surface area contributed by atoms with Crippen LogP contribution in [0.4, 0.5) is 0 Å². The first-order valence-corrected chi connectivity index (χ1v) is 6.44. The van der Waals surface area contributed by atoms with E-state index >= 15 is 0 Å². The lowest BCUT2D eigenvalue weighted by Gasteiger charge is -2.26. The molecule has 0 spiro atoms. The smallest absolute Gasteiger partial charge is 0.197 e. The van der Waals surface area contributed by atoms with Gasteiger partial charge in [0.05, 0.1) is 6.61 Å². The van der Waals surface area contributed by atoms with Gasteiger partial charge in [-0.1, -0.05) is 40.0 Å². The predicted molar refractivity (Wildman–Crippen MR) is 66.2 cm³/mol. The minimum absolute atomic E-state index is 0.118. The molecular weight excluding hydrogens is 200 g/mol. The second kappa shape index (κ2) is 6.07. The third kappa shape index (κ3) is 4.38. The van der Waals surface area contributed by atoms with Gasteiger partial charge in [-0.05, 0) is 24.3 Å². The van der Waals surface area contributed by atoms with E-state index in [2.05, 4.69) is 20.8 Å². The third-order valence-corrected chi connectivity index (χ3v) is 3.05. The van der Waals surface area contributed by atoms with E-state index in [0.29, 0.717) is 18.8 Å². The van der Waals surface area contributed by atoms with Crippen LogP contribution in [0.15, 0.2) is 11.8 Å². The van der Waals surface area contributed by atoms with Crippen LogP contribution in [-0.4, -0.2) is 12.4 Å². The first-order valence-electron chi connectivity index (χ1n) is 6.44. The molecule has 0 aromatic heterocycles. The van der Waals surface area contributed by atoms with Gasteiger partial charge < -0.3 is 4.74 Å². The molecule has 0 unspecified atom stereocenters. The van der Waals surface area contributed by atoms with Gasteiger partial charge in [-0.2, -0.15) is 0 Å². The van der Waals surface area contributed by atoms with E-state index in [9.17, 15) is 4.79 Å². The van der Waals surface area contributed by atoms with Gasteiger partial charge in [0.1, 0.15) is 0 Å². The van der Waals surface area contributed by atoms with Gasteiger partial charge >= 0.3 is 0 Å². The van der Waals surface area contributed by atoms with Crippen molar-refractivity contribution in [1.29, 1.82) is 0 Å². The SMILES string of the molecule is CCCCCCOC1=CC(C)(C)CCC1=O. The number of unbranched alkanes of at least 4 members (excludes halogenated alkanes) is 3. The zero-order valence-corrected chi connectivity index (χ0v) is 10.8. The maximum atomic E-state index is 11.6. The molecule has 0 aromatic carbocycles. The van der Waals surface area contributed by atoms with Gasteiger partial charge in [-0.25, -0.2) is 0 Å². The average molecular weight is 224 g/mol. The Morgan fingerprint density at radius 3 is 2.75 bits per heavy atom. The number of carbonyl (C=O) groups excluding carboxylic acids is 1. The van der Waals surface area contributed by atoms with Crippen molar-refractivity contribution in [2.24, 2.45) is 5.41 Å². The summed E-state index contributed by atoms with van der Waals surface area (Å²) in [5.74, 6) is 0.780. The number of ketones is 1. The molecule has 2 heteroatoms. The summed E-state index contributed by atoms with van der Waals surface area (Å²) in [7, 11) is 0. The zero-order chi connectivity index (χ0) is 12.0. The minimum atomic E-state index is 0.118. The topological polar surface area (TPSA) is 26.3 Å². The summed E-state index contributed by atoms with van der Waals surface area (Å²) in [6, 6.07) is 0. The van der Waals surface area contributed by atoms with Crippen LogP contribution in [0.5, 0.6) is 0 Å². The minimum Gasteiger partial charge on any atom is -0.490 e. The Morgan fingerprint density at radius 1 is 1.31 bits per heavy atom. The van der Waals surface area contributed by atoms with Crippen LogP contribution in [0, 0.1) is 5.41 Å². The van der Waals surface area contributed by atoms with Crippen LogP contribution in [0.3, 0.4) is 0 Å². The number of rotatable bonds is 6. The van der Waals surface area contributed by atoms with Crippen molar-refractivity contribution in [3.05, 3.63) is 11.8 Å². The normalized spacial score (nSPS) is 19.4. The van der Waals surface area contributed by atoms with Crippen LogP contribution in [0.1, 0.15) is 59.3 Å². The molecule has 1 rings (SSSR count). The lowest BCUT2D eigenvalue weighted by Crippen LogP contribution is -2.21. The molecule has 0 fully saturated rings. The summed E-state index contributed by atoms with van der Waals surface area (Å²) in [6.07, 6.45) is 8.30. The molecule has 0 aliphatic heterocycles.